The monoisotopic (exact) mass is 228 g/mol. The Bertz CT molecular complexity index is 389. The predicted molar refractivity (Wildman–Crippen MR) is 56.9 cm³/mol. The lowest BCUT2D eigenvalue weighted by Crippen LogP contribution is -1.99. The van der Waals surface area contributed by atoms with E-state index in [2.05, 4.69) is 0 Å². The highest BCUT2D eigenvalue weighted by Crippen LogP contribution is 2.36. The van der Waals surface area contributed by atoms with E-state index in [1.807, 2.05) is 0 Å². The molecule has 1 rings (SSSR count). The zero-order valence-corrected chi connectivity index (χ0v) is 9.21. The molecule has 1 unspecified atom stereocenters. The van der Waals surface area contributed by atoms with E-state index in [4.69, 9.17) is 0 Å². The Morgan fingerprint density at radius 2 is 1.94 bits per heavy atom. The number of aryl methyl sites for hydroxylation is 1. The summed E-state index contributed by atoms with van der Waals surface area (Å²) in [6.45, 7) is 3.40. The predicted octanol–water partition coefficient (Wildman–Crippen LogP) is 3.33. The third-order valence-electron chi connectivity index (χ3n) is 2.53. The molecular formula is C12H14F2O2. The van der Waals surface area contributed by atoms with E-state index in [1.165, 1.54) is 6.07 Å². The van der Waals surface area contributed by atoms with Crippen LogP contribution in [0.15, 0.2) is 12.1 Å². The standard InChI is InChI=1S/C12H14F2O2/c1-7-5-9(8(2)3-4-15)11(16)10(6-7)12(13)14/h4-6,8,12,16H,3H2,1-2H3. The molecule has 4 heteroatoms. The van der Waals surface area contributed by atoms with Crippen molar-refractivity contribution in [1.82, 2.24) is 0 Å². The van der Waals surface area contributed by atoms with Crippen LogP contribution in [0.4, 0.5) is 8.78 Å². The van der Waals surface area contributed by atoms with E-state index in [9.17, 15) is 18.7 Å². The molecule has 0 aliphatic rings. The molecule has 0 amide bonds. The van der Waals surface area contributed by atoms with Crippen molar-refractivity contribution in [3.8, 4) is 5.75 Å². The minimum Gasteiger partial charge on any atom is -0.507 e. The Hall–Kier alpha value is -1.45. The van der Waals surface area contributed by atoms with Gasteiger partial charge in [-0.15, -0.1) is 0 Å². The summed E-state index contributed by atoms with van der Waals surface area (Å²) in [5, 5.41) is 9.68. The van der Waals surface area contributed by atoms with Crippen LogP contribution in [0.25, 0.3) is 0 Å². The number of rotatable bonds is 4. The molecule has 1 aromatic rings. The molecule has 1 atom stereocenters. The summed E-state index contributed by atoms with van der Waals surface area (Å²) in [6.07, 6.45) is -1.78. The van der Waals surface area contributed by atoms with Crippen molar-refractivity contribution in [1.29, 1.82) is 0 Å². The van der Waals surface area contributed by atoms with Crippen LogP contribution in [0.1, 0.15) is 42.4 Å². The third kappa shape index (κ3) is 2.56. The molecule has 0 heterocycles. The summed E-state index contributed by atoms with van der Waals surface area (Å²) in [6, 6.07) is 2.90. The number of alkyl halides is 2. The summed E-state index contributed by atoms with van der Waals surface area (Å²) in [7, 11) is 0. The van der Waals surface area contributed by atoms with Crippen molar-refractivity contribution >= 4 is 6.29 Å². The molecule has 0 spiro atoms. The van der Waals surface area contributed by atoms with Gasteiger partial charge < -0.3 is 9.90 Å². The zero-order valence-electron chi connectivity index (χ0n) is 9.21. The fourth-order valence-electron chi connectivity index (χ4n) is 1.65. The lowest BCUT2D eigenvalue weighted by atomic mass is 9.93. The van der Waals surface area contributed by atoms with Gasteiger partial charge in [-0.3, -0.25) is 0 Å². The number of benzene rings is 1. The van der Waals surface area contributed by atoms with Gasteiger partial charge in [0, 0.05) is 6.42 Å². The molecule has 0 saturated carbocycles. The van der Waals surface area contributed by atoms with E-state index in [-0.39, 0.29) is 17.9 Å². The highest BCUT2D eigenvalue weighted by molar-refractivity contribution is 5.54. The second kappa shape index (κ2) is 5.05. The van der Waals surface area contributed by atoms with Gasteiger partial charge in [-0.05, 0) is 24.5 Å². The Morgan fingerprint density at radius 1 is 1.38 bits per heavy atom. The van der Waals surface area contributed by atoms with Gasteiger partial charge in [0.05, 0.1) is 5.56 Å². The number of hydrogen-bond donors (Lipinski definition) is 1. The first kappa shape index (κ1) is 12.6. The van der Waals surface area contributed by atoms with Gasteiger partial charge in [-0.25, -0.2) is 8.78 Å². The smallest absolute Gasteiger partial charge is 0.267 e. The Morgan fingerprint density at radius 3 is 2.44 bits per heavy atom. The molecule has 1 N–H and O–H groups in total. The molecule has 0 aliphatic heterocycles. The van der Waals surface area contributed by atoms with Gasteiger partial charge in [0.1, 0.15) is 12.0 Å². The van der Waals surface area contributed by atoms with E-state index < -0.39 is 12.2 Å². The number of aromatic hydroxyl groups is 1. The van der Waals surface area contributed by atoms with Crippen LogP contribution in [0.3, 0.4) is 0 Å². The zero-order chi connectivity index (χ0) is 12.3. The SMILES string of the molecule is Cc1cc(C(F)F)c(O)c(C(C)CC=O)c1. The second-order valence-corrected chi connectivity index (χ2v) is 3.90. The highest BCUT2D eigenvalue weighted by atomic mass is 19.3. The van der Waals surface area contributed by atoms with Crippen LogP contribution in [0.5, 0.6) is 5.75 Å². The summed E-state index contributed by atoms with van der Waals surface area (Å²) >= 11 is 0. The largest absolute Gasteiger partial charge is 0.507 e. The molecule has 16 heavy (non-hydrogen) atoms. The van der Waals surface area contributed by atoms with Crippen molar-refractivity contribution in [2.75, 3.05) is 0 Å². The molecule has 0 aromatic heterocycles. The molecule has 0 saturated heterocycles. The van der Waals surface area contributed by atoms with Crippen molar-refractivity contribution in [2.24, 2.45) is 0 Å². The Balaban J connectivity index is 3.23. The molecular weight excluding hydrogens is 214 g/mol. The number of aldehydes is 1. The first-order chi connectivity index (χ1) is 7.47. The fraction of sp³-hybridized carbons (Fsp3) is 0.417. The second-order valence-electron chi connectivity index (χ2n) is 3.90. The number of hydrogen-bond acceptors (Lipinski definition) is 2. The lowest BCUT2D eigenvalue weighted by molar-refractivity contribution is -0.108. The first-order valence-electron chi connectivity index (χ1n) is 5.02. The van der Waals surface area contributed by atoms with Crippen LogP contribution < -0.4 is 0 Å². The van der Waals surface area contributed by atoms with Gasteiger partial charge in [-0.1, -0.05) is 18.6 Å². The lowest BCUT2D eigenvalue weighted by Gasteiger charge is -2.15. The molecule has 0 bridgehead atoms. The molecule has 1 aromatic carbocycles. The van der Waals surface area contributed by atoms with Crippen LogP contribution in [-0.4, -0.2) is 11.4 Å². The van der Waals surface area contributed by atoms with Crippen LogP contribution in [-0.2, 0) is 4.79 Å². The van der Waals surface area contributed by atoms with Crippen LogP contribution >= 0.6 is 0 Å². The van der Waals surface area contributed by atoms with Gasteiger partial charge >= 0.3 is 0 Å². The van der Waals surface area contributed by atoms with E-state index >= 15 is 0 Å². The van der Waals surface area contributed by atoms with Crippen molar-refractivity contribution in [3.05, 3.63) is 28.8 Å². The number of carbonyl (C=O) groups is 1. The minimum absolute atomic E-state index is 0.208. The summed E-state index contributed by atoms with van der Waals surface area (Å²) in [5.74, 6) is -0.648. The topological polar surface area (TPSA) is 37.3 Å². The average molecular weight is 228 g/mol. The molecule has 88 valence electrons. The molecule has 2 nitrogen and oxygen atoms in total. The maximum atomic E-state index is 12.6. The van der Waals surface area contributed by atoms with Crippen molar-refractivity contribution in [3.63, 3.8) is 0 Å². The summed E-state index contributed by atoms with van der Waals surface area (Å²) in [4.78, 5) is 10.4. The highest BCUT2D eigenvalue weighted by Gasteiger charge is 2.19. The van der Waals surface area contributed by atoms with E-state index in [0.29, 0.717) is 17.4 Å². The van der Waals surface area contributed by atoms with Crippen molar-refractivity contribution in [2.45, 2.75) is 32.6 Å². The first-order valence-corrected chi connectivity index (χ1v) is 5.02. The Labute approximate surface area is 92.9 Å². The number of halogens is 2. The van der Waals surface area contributed by atoms with Gasteiger partial charge in [0.15, 0.2) is 0 Å². The summed E-state index contributed by atoms with van der Waals surface area (Å²) < 4.78 is 25.2. The maximum absolute atomic E-state index is 12.6. The van der Waals surface area contributed by atoms with Gasteiger partial charge in [-0.2, -0.15) is 0 Å². The molecule has 0 aliphatic carbocycles. The third-order valence-corrected chi connectivity index (χ3v) is 2.53. The number of phenols is 1. The average Bonchev–Trinajstić information content (AvgIpc) is 2.20. The number of carbonyl (C=O) groups excluding carboxylic acids is 1. The maximum Gasteiger partial charge on any atom is 0.267 e. The van der Waals surface area contributed by atoms with E-state index in [1.54, 1.807) is 19.9 Å². The van der Waals surface area contributed by atoms with Crippen LogP contribution in [0.2, 0.25) is 0 Å². The number of phenolic OH excluding ortho intramolecular Hbond substituents is 1. The fourth-order valence-corrected chi connectivity index (χ4v) is 1.65. The summed E-state index contributed by atoms with van der Waals surface area (Å²) in [5.41, 5.74) is 0.691. The minimum atomic E-state index is -2.71. The van der Waals surface area contributed by atoms with E-state index in [0.717, 1.165) is 0 Å². The van der Waals surface area contributed by atoms with Crippen LogP contribution in [0, 0.1) is 6.92 Å². The quantitative estimate of drug-likeness (QED) is 0.802. The molecule has 0 fully saturated rings. The van der Waals surface area contributed by atoms with Gasteiger partial charge in [0.2, 0.25) is 0 Å². The molecule has 0 radical (unpaired) electrons. The van der Waals surface area contributed by atoms with Crippen molar-refractivity contribution < 1.29 is 18.7 Å². The normalized spacial score (nSPS) is 12.8. The van der Waals surface area contributed by atoms with Gasteiger partial charge in [0.25, 0.3) is 6.43 Å². The Kier molecular flexibility index (Phi) is 3.99.